The van der Waals surface area contributed by atoms with Crippen LogP contribution in [0.25, 0.3) is 0 Å². The van der Waals surface area contributed by atoms with Crippen molar-refractivity contribution in [1.82, 2.24) is 15.3 Å². The fourth-order valence-electron chi connectivity index (χ4n) is 1.79. The number of thiazole rings is 1. The molecule has 0 saturated carbocycles. The van der Waals surface area contributed by atoms with Crippen LogP contribution in [-0.2, 0) is 5.54 Å². The molecule has 112 valence electrons. The number of aryl methyl sites for hydroxylation is 1. The molecule has 0 aliphatic carbocycles. The van der Waals surface area contributed by atoms with Crippen molar-refractivity contribution in [2.45, 2.75) is 26.3 Å². The number of pyridine rings is 1. The highest BCUT2D eigenvalue weighted by atomic mass is 32.1. The predicted molar refractivity (Wildman–Crippen MR) is 81.0 cm³/mol. The van der Waals surface area contributed by atoms with Crippen LogP contribution in [0.2, 0.25) is 0 Å². The normalized spacial score (nSPS) is 11.2. The molecule has 0 fully saturated rings. The van der Waals surface area contributed by atoms with Gasteiger partial charge in [0.2, 0.25) is 5.43 Å². The summed E-state index contributed by atoms with van der Waals surface area (Å²) in [7, 11) is 1.40. The molecule has 2 aromatic rings. The number of hydrogen-bond donors (Lipinski definition) is 2. The lowest BCUT2D eigenvalue weighted by molar-refractivity contribution is 0.0906. The molecule has 0 aliphatic rings. The summed E-state index contributed by atoms with van der Waals surface area (Å²) in [6.07, 6.45) is 1.37. The topological polar surface area (TPSA) is 84.1 Å². The van der Waals surface area contributed by atoms with E-state index in [0.717, 1.165) is 10.7 Å². The second kappa shape index (κ2) is 5.69. The number of rotatable bonds is 4. The number of hydrogen-bond acceptors (Lipinski definition) is 5. The zero-order valence-corrected chi connectivity index (χ0v) is 13.1. The zero-order valence-electron chi connectivity index (χ0n) is 12.3. The third-order valence-electron chi connectivity index (χ3n) is 2.92. The lowest BCUT2D eigenvalue weighted by Crippen LogP contribution is -2.41. The Bertz CT molecular complexity index is 718. The molecule has 0 aromatic carbocycles. The van der Waals surface area contributed by atoms with Crippen molar-refractivity contribution in [3.8, 4) is 5.75 Å². The third kappa shape index (κ3) is 3.30. The Morgan fingerprint density at radius 2 is 2.19 bits per heavy atom. The third-order valence-corrected chi connectivity index (χ3v) is 4.21. The molecular weight excluding hydrogens is 290 g/mol. The Kier molecular flexibility index (Phi) is 4.13. The summed E-state index contributed by atoms with van der Waals surface area (Å²) in [5.74, 6) is -0.200. The lowest BCUT2D eigenvalue weighted by Gasteiger charge is -2.23. The van der Waals surface area contributed by atoms with Crippen LogP contribution in [0.15, 0.2) is 22.4 Å². The minimum absolute atomic E-state index is 0.168. The smallest absolute Gasteiger partial charge is 0.268 e. The fourth-order valence-corrected chi connectivity index (χ4v) is 2.67. The summed E-state index contributed by atoms with van der Waals surface area (Å²) >= 11 is 1.49. The van der Waals surface area contributed by atoms with Crippen molar-refractivity contribution in [2.75, 3.05) is 7.11 Å². The van der Waals surface area contributed by atoms with E-state index in [1.165, 1.54) is 30.7 Å². The van der Waals surface area contributed by atoms with Gasteiger partial charge in [-0.1, -0.05) is 0 Å². The van der Waals surface area contributed by atoms with Gasteiger partial charge in [-0.25, -0.2) is 4.98 Å². The van der Waals surface area contributed by atoms with Gasteiger partial charge in [0, 0.05) is 23.3 Å². The monoisotopic (exact) mass is 307 g/mol. The molecule has 0 spiro atoms. The second-order valence-electron chi connectivity index (χ2n) is 5.15. The molecule has 6 nitrogen and oxygen atoms in total. The average molecular weight is 307 g/mol. The van der Waals surface area contributed by atoms with Gasteiger partial charge in [-0.3, -0.25) is 9.59 Å². The molecule has 2 rings (SSSR count). The molecule has 2 aromatic heterocycles. The average Bonchev–Trinajstić information content (AvgIpc) is 2.85. The number of H-pyrrole nitrogens is 1. The molecule has 0 bridgehead atoms. The van der Waals surface area contributed by atoms with Gasteiger partial charge < -0.3 is 15.0 Å². The van der Waals surface area contributed by atoms with Gasteiger partial charge in [0.25, 0.3) is 5.91 Å². The molecule has 7 heteroatoms. The Hall–Kier alpha value is -2.15. The number of aromatic amines is 1. The molecule has 2 N–H and O–H groups in total. The SMILES string of the molecule is COc1c[nH]c(C(=O)NC(C)(C)c2nc(C)cs2)cc1=O. The number of nitrogens with zero attached hydrogens (tertiary/aromatic N) is 1. The van der Waals surface area contributed by atoms with E-state index in [9.17, 15) is 9.59 Å². The number of carbonyl (C=O) groups is 1. The van der Waals surface area contributed by atoms with Crippen LogP contribution in [0.3, 0.4) is 0 Å². The Morgan fingerprint density at radius 1 is 1.48 bits per heavy atom. The fraction of sp³-hybridized carbons (Fsp3) is 0.357. The van der Waals surface area contributed by atoms with Crippen molar-refractivity contribution < 1.29 is 9.53 Å². The number of ether oxygens (including phenoxy) is 1. The minimum atomic E-state index is -0.618. The van der Waals surface area contributed by atoms with Crippen molar-refractivity contribution in [3.05, 3.63) is 44.3 Å². The first-order valence-corrected chi connectivity index (χ1v) is 7.23. The highest BCUT2D eigenvalue weighted by molar-refractivity contribution is 7.09. The van der Waals surface area contributed by atoms with E-state index in [0.29, 0.717) is 0 Å². The maximum Gasteiger partial charge on any atom is 0.268 e. The first kappa shape index (κ1) is 15.2. The molecule has 0 aliphatic heterocycles. The van der Waals surface area contributed by atoms with E-state index in [-0.39, 0.29) is 22.8 Å². The Morgan fingerprint density at radius 3 is 2.71 bits per heavy atom. The van der Waals surface area contributed by atoms with Crippen LogP contribution in [-0.4, -0.2) is 23.0 Å². The molecule has 0 unspecified atom stereocenters. The van der Waals surface area contributed by atoms with Crippen LogP contribution in [0, 0.1) is 6.92 Å². The van der Waals surface area contributed by atoms with Gasteiger partial charge in [-0.05, 0) is 20.8 Å². The first-order valence-electron chi connectivity index (χ1n) is 6.35. The van der Waals surface area contributed by atoms with Gasteiger partial charge in [0.05, 0.1) is 12.6 Å². The van der Waals surface area contributed by atoms with Gasteiger partial charge in [-0.2, -0.15) is 0 Å². The molecule has 0 saturated heterocycles. The number of nitrogens with one attached hydrogen (secondary N) is 2. The number of amides is 1. The van der Waals surface area contributed by atoms with Crippen LogP contribution in [0.4, 0.5) is 0 Å². The van der Waals surface area contributed by atoms with Crippen molar-refractivity contribution in [3.63, 3.8) is 0 Å². The van der Waals surface area contributed by atoms with Crippen LogP contribution >= 0.6 is 11.3 Å². The van der Waals surface area contributed by atoms with Crippen LogP contribution < -0.4 is 15.5 Å². The lowest BCUT2D eigenvalue weighted by atomic mass is 10.1. The van der Waals surface area contributed by atoms with Gasteiger partial charge in [-0.15, -0.1) is 11.3 Å². The number of aromatic nitrogens is 2. The molecule has 21 heavy (non-hydrogen) atoms. The van der Waals surface area contributed by atoms with Crippen LogP contribution in [0.5, 0.6) is 5.75 Å². The molecule has 2 heterocycles. The van der Waals surface area contributed by atoms with E-state index >= 15 is 0 Å². The van der Waals surface area contributed by atoms with E-state index in [2.05, 4.69) is 15.3 Å². The summed E-state index contributed by atoms with van der Waals surface area (Å²) in [5.41, 5.74) is 0.133. The summed E-state index contributed by atoms with van der Waals surface area (Å²) in [6, 6.07) is 1.22. The maximum atomic E-state index is 12.2. The molecular formula is C14H17N3O3S. The predicted octanol–water partition coefficient (Wildman–Crippen LogP) is 1.81. The van der Waals surface area contributed by atoms with E-state index in [1.54, 1.807) is 0 Å². The Labute approximate surface area is 126 Å². The van der Waals surface area contributed by atoms with Crippen LogP contribution in [0.1, 0.15) is 35.0 Å². The zero-order chi connectivity index (χ0) is 15.6. The maximum absolute atomic E-state index is 12.2. The highest BCUT2D eigenvalue weighted by Crippen LogP contribution is 2.24. The van der Waals surface area contributed by atoms with Crippen molar-refractivity contribution in [1.29, 1.82) is 0 Å². The summed E-state index contributed by atoms with van der Waals surface area (Å²) in [5, 5.41) is 5.60. The molecule has 1 amide bonds. The van der Waals surface area contributed by atoms with Gasteiger partial charge in [0.1, 0.15) is 10.7 Å². The van der Waals surface area contributed by atoms with Crippen molar-refractivity contribution in [2.24, 2.45) is 0 Å². The number of methoxy groups -OCH3 is 1. The molecule has 0 atom stereocenters. The minimum Gasteiger partial charge on any atom is -0.491 e. The summed E-state index contributed by atoms with van der Waals surface area (Å²) < 4.78 is 4.87. The van der Waals surface area contributed by atoms with E-state index < -0.39 is 5.54 Å². The Balaban J connectivity index is 2.21. The highest BCUT2D eigenvalue weighted by Gasteiger charge is 2.27. The second-order valence-corrected chi connectivity index (χ2v) is 6.01. The van der Waals surface area contributed by atoms with E-state index in [1.807, 2.05) is 26.2 Å². The van der Waals surface area contributed by atoms with Gasteiger partial charge in [0.15, 0.2) is 5.75 Å². The quantitative estimate of drug-likeness (QED) is 0.902. The van der Waals surface area contributed by atoms with E-state index in [4.69, 9.17) is 4.74 Å². The molecule has 0 radical (unpaired) electrons. The first-order chi connectivity index (χ1) is 9.83. The standard InChI is InChI=1S/C14H17N3O3S/c1-8-7-21-13(16-8)14(2,3)17-12(19)9-5-10(18)11(20-4)6-15-9/h5-7H,1-4H3,(H,15,18)(H,17,19). The number of carbonyl (C=O) groups excluding carboxylic acids is 1. The van der Waals surface area contributed by atoms with Gasteiger partial charge >= 0.3 is 0 Å². The summed E-state index contributed by atoms with van der Waals surface area (Å²) in [6.45, 7) is 5.63. The van der Waals surface area contributed by atoms with Crippen molar-refractivity contribution >= 4 is 17.2 Å². The largest absolute Gasteiger partial charge is 0.491 e. The summed E-state index contributed by atoms with van der Waals surface area (Å²) in [4.78, 5) is 31.1.